The Morgan fingerprint density at radius 3 is 2.50 bits per heavy atom. The summed E-state index contributed by atoms with van der Waals surface area (Å²) in [4.78, 5) is 25.6. The first-order valence-electron chi connectivity index (χ1n) is 6.31. The molecule has 4 heteroatoms. The Morgan fingerprint density at radius 1 is 1.10 bits per heavy atom. The number of rotatable bonds is 4. The van der Waals surface area contributed by atoms with Gasteiger partial charge < -0.3 is 4.74 Å². The summed E-state index contributed by atoms with van der Waals surface area (Å²) in [6.45, 7) is 5.48. The highest BCUT2D eigenvalue weighted by Crippen LogP contribution is 2.16. The lowest BCUT2D eigenvalue weighted by molar-refractivity contribution is 0.0475. The van der Waals surface area contributed by atoms with Crippen LogP contribution in [0.4, 0.5) is 0 Å². The quantitative estimate of drug-likeness (QED) is 0.636. The fourth-order valence-electron chi connectivity index (χ4n) is 1.82. The van der Waals surface area contributed by atoms with E-state index in [0.717, 1.165) is 16.0 Å². The van der Waals surface area contributed by atoms with Gasteiger partial charge in [-0.15, -0.1) is 11.3 Å². The van der Waals surface area contributed by atoms with Gasteiger partial charge in [0, 0.05) is 4.88 Å². The van der Waals surface area contributed by atoms with Crippen LogP contribution in [0.3, 0.4) is 0 Å². The second-order valence-electron chi connectivity index (χ2n) is 4.73. The SMILES string of the molecule is Cc1ccc(C)c(C(=O)OCC(=O)c2ccc(C)s2)c1. The topological polar surface area (TPSA) is 43.4 Å². The molecule has 0 saturated carbocycles. The van der Waals surface area contributed by atoms with Crippen molar-refractivity contribution in [2.24, 2.45) is 0 Å². The van der Waals surface area contributed by atoms with Crippen molar-refractivity contribution in [3.63, 3.8) is 0 Å². The molecular formula is C16H16O3S. The van der Waals surface area contributed by atoms with Crippen molar-refractivity contribution in [1.82, 2.24) is 0 Å². The number of thiophene rings is 1. The van der Waals surface area contributed by atoms with Crippen molar-refractivity contribution in [2.45, 2.75) is 20.8 Å². The summed E-state index contributed by atoms with van der Waals surface area (Å²) >= 11 is 1.41. The Bertz CT molecular complexity index is 655. The Labute approximate surface area is 122 Å². The molecule has 0 aliphatic rings. The van der Waals surface area contributed by atoms with E-state index in [-0.39, 0.29) is 12.4 Å². The lowest BCUT2D eigenvalue weighted by Gasteiger charge is -2.07. The number of carbonyl (C=O) groups excluding carboxylic acids is 2. The molecule has 2 rings (SSSR count). The lowest BCUT2D eigenvalue weighted by Crippen LogP contribution is -2.14. The first-order chi connectivity index (χ1) is 9.47. The van der Waals surface area contributed by atoms with E-state index >= 15 is 0 Å². The minimum absolute atomic E-state index is 0.165. The van der Waals surface area contributed by atoms with Crippen LogP contribution >= 0.6 is 11.3 Å². The number of ketones is 1. The molecule has 0 N–H and O–H groups in total. The third-order valence-electron chi connectivity index (χ3n) is 2.96. The highest BCUT2D eigenvalue weighted by molar-refractivity contribution is 7.14. The summed E-state index contributed by atoms with van der Waals surface area (Å²) in [5, 5.41) is 0. The summed E-state index contributed by atoms with van der Waals surface area (Å²) < 4.78 is 5.11. The summed E-state index contributed by atoms with van der Waals surface area (Å²) in [7, 11) is 0. The lowest BCUT2D eigenvalue weighted by atomic mass is 10.1. The molecule has 0 amide bonds. The van der Waals surface area contributed by atoms with E-state index < -0.39 is 5.97 Å². The standard InChI is InChI=1S/C16H16O3S/c1-10-4-5-11(2)13(8-10)16(18)19-9-14(17)15-7-6-12(3)20-15/h4-8H,9H2,1-3H3. The molecule has 0 atom stereocenters. The zero-order chi connectivity index (χ0) is 14.7. The van der Waals surface area contributed by atoms with Gasteiger partial charge in [-0.2, -0.15) is 0 Å². The molecule has 3 nitrogen and oxygen atoms in total. The van der Waals surface area contributed by atoms with Crippen LogP contribution in [0.5, 0.6) is 0 Å². The number of hydrogen-bond donors (Lipinski definition) is 0. The third-order valence-corrected chi connectivity index (χ3v) is 4.00. The number of hydrogen-bond acceptors (Lipinski definition) is 4. The number of ether oxygens (including phenoxy) is 1. The predicted molar refractivity (Wildman–Crippen MR) is 79.6 cm³/mol. The van der Waals surface area contributed by atoms with Crippen LogP contribution in [0.1, 0.15) is 36.0 Å². The van der Waals surface area contributed by atoms with Gasteiger partial charge in [-0.25, -0.2) is 4.79 Å². The van der Waals surface area contributed by atoms with E-state index in [9.17, 15) is 9.59 Å². The zero-order valence-electron chi connectivity index (χ0n) is 11.7. The van der Waals surface area contributed by atoms with Crippen LogP contribution in [0.2, 0.25) is 0 Å². The van der Waals surface area contributed by atoms with Crippen molar-refractivity contribution in [1.29, 1.82) is 0 Å². The fraction of sp³-hybridized carbons (Fsp3) is 0.250. The number of Topliss-reactive ketones (excluding diaryl/α,β-unsaturated/α-hetero) is 1. The molecule has 0 unspecified atom stereocenters. The molecule has 0 aliphatic carbocycles. The average molecular weight is 288 g/mol. The van der Waals surface area contributed by atoms with Crippen molar-refractivity contribution < 1.29 is 14.3 Å². The zero-order valence-corrected chi connectivity index (χ0v) is 12.5. The summed E-state index contributed by atoms with van der Waals surface area (Å²) in [6, 6.07) is 9.22. The van der Waals surface area contributed by atoms with E-state index in [1.54, 1.807) is 12.1 Å². The van der Waals surface area contributed by atoms with Gasteiger partial charge in [0.25, 0.3) is 0 Å². The van der Waals surface area contributed by atoms with Gasteiger partial charge >= 0.3 is 5.97 Å². The monoisotopic (exact) mass is 288 g/mol. The van der Waals surface area contributed by atoms with Gasteiger partial charge in [0.05, 0.1) is 10.4 Å². The minimum Gasteiger partial charge on any atom is -0.454 e. The molecule has 20 heavy (non-hydrogen) atoms. The van der Waals surface area contributed by atoms with Crippen LogP contribution in [0.15, 0.2) is 30.3 Å². The van der Waals surface area contributed by atoms with Gasteiger partial charge in [0.1, 0.15) is 0 Å². The smallest absolute Gasteiger partial charge is 0.338 e. The first-order valence-corrected chi connectivity index (χ1v) is 7.13. The third kappa shape index (κ3) is 3.33. The maximum absolute atomic E-state index is 12.0. The second-order valence-corrected chi connectivity index (χ2v) is 6.02. The molecule has 1 heterocycles. The van der Waals surface area contributed by atoms with Gasteiger partial charge in [0.15, 0.2) is 6.61 Å². The van der Waals surface area contributed by atoms with Crippen LogP contribution in [-0.2, 0) is 4.74 Å². The molecule has 0 spiro atoms. The molecule has 0 bridgehead atoms. The van der Waals surface area contributed by atoms with Gasteiger partial charge in [-0.05, 0) is 44.5 Å². The second kappa shape index (κ2) is 6.01. The number of aryl methyl sites for hydroxylation is 3. The van der Waals surface area contributed by atoms with E-state index in [2.05, 4.69) is 0 Å². The van der Waals surface area contributed by atoms with E-state index in [1.807, 2.05) is 39.0 Å². The van der Waals surface area contributed by atoms with Gasteiger partial charge in [-0.1, -0.05) is 17.7 Å². The van der Waals surface area contributed by atoms with E-state index in [0.29, 0.717) is 10.4 Å². The molecule has 104 valence electrons. The van der Waals surface area contributed by atoms with Crippen LogP contribution < -0.4 is 0 Å². The maximum Gasteiger partial charge on any atom is 0.338 e. The number of benzene rings is 1. The average Bonchev–Trinajstić information content (AvgIpc) is 2.85. The van der Waals surface area contributed by atoms with Crippen molar-refractivity contribution in [2.75, 3.05) is 6.61 Å². The summed E-state index contributed by atoms with van der Waals surface area (Å²) in [6.07, 6.45) is 0. The molecule has 0 saturated heterocycles. The molecule has 0 radical (unpaired) electrons. The maximum atomic E-state index is 12.0. The molecule has 0 aliphatic heterocycles. The van der Waals surface area contributed by atoms with Gasteiger partial charge in [-0.3, -0.25) is 4.79 Å². The Hall–Kier alpha value is -1.94. The van der Waals surface area contributed by atoms with Crippen LogP contribution in [0, 0.1) is 20.8 Å². The van der Waals surface area contributed by atoms with Crippen molar-refractivity contribution >= 4 is 23.1 Å². The largest absolute Gasteiger partial charge is 0.454 e. The number of esters is 1. The Morgan fingerprint density at radius 2 is 1.85 bits per heavy atom. The van der Waals surface area contributed by atoms with E-state index in [4.69, 9.17) is 4.74 Å². The van der Waals surface area contributed by atoms with Gasteiger partial charge in [0.2, 0.25) is 5.78 Å². The first kappa shape index (κ1) is 14.5. The minimum atomic E-state index is -0.451. The van der Waals surface area contributed by atoms with Crippen molar-refractivity contribution in [3.05, 3.63) is 56.8 Å². The highest BCUT2D eigenvalue weighted by Gasteiger charge is 2.14. The molecule has 0 fully saturated rings. The van der Waals surface area contributed by atoms with E-state index in [1.165, 1.54) is 11.3 Å². The fourth-order valence-corrected chi connectivity index (χ4v) is 2.61. The van der Waals surface area contributed by atoms with Crippen LogP contribution in [0.25, 0.3) is 0 Å². The summed E-state index contributed by atoms with van der Waals surface area (Å²) in [5.74, 6) is -0.616. The van der Waals surface area contributed by atoms with Crippen molar-refractivity contribution in [3.8, 4) is 0 Å². The summed E-state index contributed by atoms with van der Waals surface area (Å²) in [5.41, 5.74) is 2.35. The normalized spacial score (nSPS) is 10.3. The molecular weight excluding hydrogens is 272 g/mol. The predicted octanol–water partition coefficient (Wildman–Crippen LogP) is 3.71. The molecule has 2 aromatic rings. The molecule has 1 aromatic carbocycles. The highest BCUT2D eigenvalue weighted by atomic mass is 32.1. The Balaban J connectivity index is 2.02. The Kier molecular flexibility index (Phi) is 4.35. The molecule has 1 aromatic heterocycles. The number of carbonyl (C=O) groups is 2. The van der Waals surface area contributed by atoms with Crippen LogP contribution in [-0.4, -0.2) is 18.4 Å².